The van der Waals surface area contributed by atoms with Crippen LogP contribution in [0.5, 0.6) is 0 Å². The summed E-state index contributed by atoms with van der Waals surface area (Å²) in [5.74, 6) is 3.28. The second-order valence-corrected chi connectivity index (χ2v) is 5.88. The van der Waals surface area contributed by atoms with E-state index in [1.165, 1.54) is 18.9 Å². The summed E-state index contributed by atoms with van der Waals surface area (Å²) >= 11 is 0. The molecule has 0 radical (unpaired) electrons. The van der Waals surface area contributed by atoms with Gasteiger partial charge in [0.05, 0.1) is 6.54 Å². The zero-order valence-electron chi connectivity index (χ0n) is 13.0. The predicted molar refractivity (Wildman–Crippen MR) is 86.9 cm³/mol. The Balaban J connectivity index is 2.27. The molecule has 1 aliphatic rings. The molecule has 0 amide bonds. The van der Waals surface area contributed by atoms with Gasteiger partial charge in [-0.25, -0.2) is 4.39 Å². The quantitative estimate of drug-likeness (QED) is 0.733. The Hall–Kier alpha value is -1.53. The number of hydrogen-bond acceptors (Lipinski definition) is 2. The lowest BCUT2D eigenvalue weighted by molar-refractivity contribution is 0.526. The van der Waals surface area contributed by atoms with E-state index in [1.807, 2.05) is 13.0 Å². The minimum absolute atomic E-state index is 0.0133. The fraction of sp³-hybridized carbons (Fsp3) is 0.556. The summed E-state index contributed by atoms with van der Waals surface area (Å²) in [6.07, 6.45) is 9.06. The molecule has 1 atom stereocenters. The van der Waals surface area contributed by atoms with Crippen LogP contribution in [0.2, 0.25) is 0 Å². The second kappa shape index (κ2) is 7.47. The summed E-state index contributed by atoms with van der Waals surface area (Å²) in [5, 5.41) is 3.38. The van der Waals surface area contributed by atoms with E-state index in [4.69, 9.17) is 6.42 Å². The fourth-order valence-corrected chi connectivity index (χ4v) is 2.66. The molecule has 21 heavy (non-hydrogen) atoms. The van der Waals surface area contributed by atoms with Gasteiger partial charge in [0.2, 0.25) is 0 Å². The van der Waals surface area contributed by atoms with Crippen LogP contribution in [0.3, 0.4) is 0 Å². The molecule has 1 unspecified atom stereocenters. The predicted octanol–water partition coefficient (Wildman–Crippen LogP) is 3.74. The van der Waals surface area contributed by atoms with Crippen LogP contribution in [0.25, 0.3) is 0 Å². The van der Waals surface area contributed by atoms with Crippen molar-refractivity contribution in [2.24, 2.45) is 5.92 Å². The molecular weight excluding hydrogens is 263 g/mol. The van der Waals surface area contributed by atoms with Crippen molar-refractivity contribution in [1.82, 2.24) is 5.32 Å². The molecule has 0 spiro atoms. The van der Waals surface area contributed by atoms with Crippen LogP contribution in [-0.2, 0) is 0 Å². The van der Waals surface area contributed by atoms with Gasteiger partial charge < -0.3 is 10.2 Å². The number of terminal acetylenes is 1. The summed E-state index contributed by atoms with van der Waals surface area (Å²) in [4.78, 5) is 2.15. The van der Waals surface area contributed by atoms with E-state index in [9.17, 15) is 4.39 Å². The third kappa shape index (κ3) is 4.22. The first kappa shape index (κ1) is 15.9. The van der Waals surface area contributed by atoms with Crippen molar-refractivity contribution in [2.45, 2.75) is 39.2 Å². The Kier molecular flexibility index (Phi) is 5.64. The zero-order valence-corrected chi connectivity index (χ0v) is 13.0. The molecule has 1 aromatic rings. The molecular formula is C18H25FN2. The third-order valence-corrected chi connectivity index (χ3v) is 3.96. The van der Waals surface area contributed by atoms with Crippen LogP contribution in [-0.4, -0.2) is 19.6 Å². The highest BCUT2D eigenvalue weighted by atomic mass is 19.1. The van der Waals surface area contributed by atoms with Gasteiger partial charge in [0.15, 0.2) is 0 Å². The standard InChI is InChI=1S/C18H25FN2/c1-4-11-20-14(3)18-16(19)7-6-8-17(18)21(12-5-2)13-15-9-10-15/h2,6-8,14-15,20H,4,9-13H2,1,3H3. The number of nitrogens with one attached hydrogen (secondary N) is 1. The third-order valence-electron chi connectivity index (χ3n) is 3.96. The summed E-state index contributed by atoms with van der Waals surface area (Å²) in [7, 11) is 0. The highest BCUT2D eigenvalue weighted by Gasteiger charge is 2.26. The highest BCUT2D eigenvalue weighted by Crippen LogP contribution is 2.34. The normalized spacial score (nSPS) is 15.5. The van der Waals surface area contributed by atoms with Crippen LogP contribution >= 0.6 is 0 Å². The van der Waals surface area contributed by atoms with Crippen LogP contribution in [0.1, 0.15) is 44.7 Å². The molecule has 114 valence electrons. The van der Waals surface area contributed by atoms with Crippen molar-refractivity contribution in [3.05, 3.63) is 29.6 Å². The first-order valence-corrected chi connectivity index (χ1v) is 7.87. The first-order chi connectivity index (χ1) is 10.2. The van der Waals surface area contributed by atoms with E-state index >= 15 is 0 Å². The molecule has 0 bridgehead atoms. The maximum atomic E-state index is 14.4. The van der Waals surface area contributed by atoms with Crippen molar-refractivity contribution >= 4 is 5.69 Å². The van der Waals surface area contributed by atoms with Gasteiger partial charge in [0, 0.05) is 23.8 Å². The SMILES string of the molecule is C#CCN(CC1CC1)c1cccc(F)c1C(C)NCCC. The lowest BCUT2D eigenvalue weighted by Gasteiger charge is -2.28. The Labute approximate surface area is 127 Å². The molecule has 1 N–H and O–H groups in total. The smallest absolute Gasteiger partial charge is 0.130 e. The number of rotatable bonds is 8. The van der Waals surface area contributed by atoms with Crippen molar-refractivity contribution in [3.63, 3.8) is 0 Å². The summed E-state index contributed by atoms with van der Waals surface area (Å²) in [6, 6.07) is 5.29. The first-order valence-electron chi connectivity index (χ1n) is 7.87. The van der Waals surface area contributed by atoms with Gasteiger partial charge in [-0.05, 0) is 50.8 Å². The molecule has 0 saturated heterocycles. The minimum Gasteiger partial charge on any atom is -0.360 e. The minimum atomic E-state index is -0.151. The summed E-state index contributed by atoms with van der Waals surface area (Å²) in [5.41, 5.74) is 1.68. The van der Waals surface area contributed by atoms with Crippen LogP contribution in [0, 0.1) is 24.1 Å². The lowest BCUT2D eigenvalue weighted by atomic mass is 10.0. The van der Waals surface area contributed by atoms with Gasteiger partial charge in [-0.2, -0.15) is 0 Å². The van der Waals surface area contributed by atoms with Crippen LogP contribution in [0.15, 0.2) is 18.2 Å². The molecule has 1 aliphatic carbocycles. The molecule has 3 heteroatoms. The second-order valence-electron chi connectivity index (χ2n) is 5.88. The zero-order chi connectivity index (χ0) is 15.2. The van der Waals surface area contributed by atoms with E-state index in [2.05, 4.69) is 23.1 Å². The van der Waals surface area contributed by atoms with Crippen molar-refractivity contribution < 1.29 is 4.39 Å². The average Bonchev–Trinajstić information content (AvgIpc) is 3.28. The van der Waals surface area contributed by atoms with E-state index in [-0.39, 0.29) is 11.9 Å². The topological polar surface area (TPSA) is 15.3 Å². The van der Waals surface area contributed by atoms with E-state index in [0.717, 1.165) is 30.8 Å². The van der Waals surface area contributed by atoms with E-state index < -0.39 is 0 Å². The maximum Gasteiger partial charge on any atom is 0.130 e. The largest absolute Gasteiger partial charge is 0.360 e. The molecule has 1 fully saturated rings. The fourth-order valence-electron chi connectivity index (χ4n) is 2.66. The Morgan fingerprint density at radius 2 is 2.24 bits per heavy atom. The average molecular weight is 288 g/mol. The molecule has 1 saturated carbocycles. The summed E-state index contributed by atoms with van der Waals surface area (Å²) < 4.78 is 14.4. The monoisotopic (exact) mass is 288 g/mol. The number of hydrogen-bond donors (Lipinski definition) is 1. The maximum absolute atomic E-state index is 14.4. The van der Waals surface area contributed by atoms with Crippen LogP contribution < -0.4 is 10.2 Å². The molecule has 2 nitrogen and oxygen atoms in total. The Bertz CT molecular complexity index is 502. The van der Waals surface area contributed by atoms with E-state index in [0.29, 0.717) is 12.5 Å². The van der Waals surface area contributed by atoms with Gasteiger partial charge >= 0.3 is 0 Å². The summed E-state index contributed by atoms with van der Waals surface area (Å²) in [6.45, 7) is 6.48. The lowest BCUT2D eigenvalue weighted by Crippen LogP contribution is -2.30. The number of benzene rings is 1. The van der Waals surface area contributed by atoms with Gasteiger partial charge in [0.1, 0.15) is 5.82 Å². The molecule has 2 rings (SSSR count). The van der Waals surface area contributed by atoms with E-state index in [1.54, 1.807) is 6.07 Å². The number of halogens is 1. The van der Waals surface area contributed by atoms with Crippen molar-refractivity contribution in [3.8, 4) is 12.3 Å². The molecule has 0 heterocycles. The van der Waals surface area contributed by atoms with Crippen LogP contribution in [0.4, 0.5) is 10.1 Å². The van der Waals surface area contributed by atoms with Gasteiger partial charge in [-0.3, -0.25) is 0 Å². The number of nitrogens with zero attached hydrogens (tertiary/aromatic N) is 1. The molecule has 0 aromatic heterocycles. The Morgan fingerprint density at radius 3 is 2.86 bits per heavy atom. The van der Waals surface area contributed by atoms with Gasteiger partial charge in [0.25, 0.3) is 0 Å². The highest BCUT2D eigenvalue weighted by molar-refractivity contribution is 5.56. The van der Waals surface area contributed by atoms with Gasteiger partial charge in [-0.1, -0.05) is 18.9 Å². The van der Waals surface area contributed by atoms with Gasteiger partial charge in [-0.15, -0.1) is 6.42 Å². The molecule has 1 aromatic carbocycles. The van der Waals surface area contributed by atoms with Crippen molar-refractivity contribution in [1.29, 1.82) is 0 Å². The Morgan fingerprint density at radius 1 is 1.48 bits per heavy atom. The van der Waals surface area contributed by atoms with Crippen molar-refractivity contribution in [2.75, 3.05) is 24.5 Å². The number of anilines is 1. The molecule has 0 aliphatic heterocycles.